The molecule has 0 spiro atoms. The first-order valence-electron chi connectivity index (χ1n) is 4.29. The predicted octanol–water partition coefficient (Wildman–Crippen LogP) is 2.43. The third kappa shape index (κ3) is 1.46. The number of carbonyl (C=O) groups is 1. The van der Waals surface area contributed by atoms with Crippen molar-refractivity contribution in [2.45, 2.75) is 0 Å². The van der Waals surface area contributed by atoms with Crippen LogP contribution in [-0.4, -0.2) is 13.1 Å². The van der Waals surface area contributed by atoms with Crippen molar-refractivity contribution < 1.29 is 9.53 Å². The van der Waals surface area contributed by atoms with Gasteiger partial charge in [0.2, 0.25) is 0 Å². The van der Waals surface area contributed by atoms with E-state index in [0.717, 1.165) is 10.8 Å². The summed E-state index contributed by atoms with van der Waals surface area (Å²) in [4.78, 5) is 11.2. The number of hydrogen-bond acceptors (Lipinski definition) is 2. The molecule has 0 unspecified atom stereocenters. The van der Waals surface area contributed by atoms with Crippen LogP contribution >= 0.6 is 0 Å². The summed E-state index contributed by atoms with van der Waals surface area (Å²) in [5.41, 5.74) is 0.569. The van der Waals surface area contributed by atoms with E-state index in [-0.39, 0.29) is 5.97 Å². The third-order valence-electron chi connectivity index (χ3n) is 2.11. The van der Waals surface area contributed by atoms with Crippen LogP contribution < -0.4 is 0 Å². The minimum Gasteiger partial charge on any atom is -0.465 e. The first-order chi connectivity index (χ1) is 6.81. The normalized spacial score (nSPS) is 10.1. The zero-order valence-electron chi connectivity index (χ0n) is 7.78. The van der Waals surface area contributed by atoms with Crippen molar-refractivity contribution in [2.75, 3.05) is 7.11 Å². The van der Waals surface area contributed by atoms with E-state index in [4.69, 9.17) is 0 Å². The number of benzene rings is 2. The number of hydrogen-bond donors (Lipinski definition) is 0. The van der Waals surface area contributed by atoms with Crippen LogP contribution in [0.4, 0.5) is 0 Å². The van der Waals surface area contributed by atoms with Crippen LogP contribution in [0.2, 0.25) is 0 Å². The molecule has 0 atom stereocenters. The summed E-state index contributed by atoms with van der Waals surface area (Å²) < 4.78 is 4.64. The average molecular weight is 185 g/mol. The van der Waals surface area contributed by atoms with Gasteiger partial charge in [0.15, 0.2) is 0 Å². The molecular weight excluding hydrogens is 176 g/mol. The Kier molecular flexibility index (Phi) is 2.19. The highest BCUT2D eigenvalue weighted by Crippen LogP contribution is 2.15. The van der Waals surface area contributed by atoms with Crippen LogP contribution in [0.3, 0.4) is 0 Å². The molecule has 14 heavy (non-hydrogen) atoms. The van der Waals surface area contributed by atoms with Gasteiger partial charge in [0.05, 0.1) is 12.7 Å². The predicted molar refractivity (Wildman–Crippen MR) is 54.1 cm³/mol. The molecule has 0 heterocycles. The largest absolute Gasteiger partial charge is 0.465 e. The summed E-state index contributed by atoms with van der Waals surface area (Å²) in [6, 6.07) is 14.1. The standard InChI is InChI=1S/C12H9O2/c1-14-12(13)11-7-6-9-4-2-3-5-10(9)8-11/h2,4-8H,1H3. The van der Waals surface area contributed by atoms with Crippen LogP contribution in [-0.2, 0) is 4.74 Å². The van der Waals surface area contributed by atoms with E-state index in [9.17, 15) is 4.79 Å². The van der Waals surface area contributed by atoms with Crippen molar-refractivity contribution in [1.82, 2.24) is 0 Å². The minimum atomic E-state index is -0.309. The molecule has 0 aliphatic carbocycles. The number of ether oxygens (including phenoxy) is 1. The van der Waals surface area contributed by atoms with E-state index in [1.54, 1.807) is 12.1 Å². The molecule has 2 aromatic carbocycles. The van der Waals surface area contributed by atoms with E-state index in [1.165, 1.54) is 7.11 Å². The molecule has 2 rings (SSSR count). The summed E-state index contributed by atoms with van der Waals surface area (Å²) >= 11 is 0. The summed E-state index contributed by atoms with van der Waals surface area (Å²) in [7, 11) is 1.38. The molecular formula is C12H9O2. The Balaban J connectivity index is 2.56. The topological polar surface area (TPSA) is 26.3 Å². The Bertz CT molecular complexity index is 474. The molecule has 0 saturated carbocycles. The fourth-order valence-corrected chi connectivity index (χ4v) is 1.37. The quantitative estimate of drug-likeness (QED) is 0.638. The smallest absolute Gasteiger partial charge is 0.337 e. The molecule has 2 heteroatoms. The Labute approximate surface area is 82.1 Å². The van der Waals surface area contributed by atoms with E-state index in [2.05, 4.69) is 10.8 Å². The summed E-state index contributed by atoms with van der Waals surface area (Å²) in [6.07, 6.45) is 0. The van der Waals surface area contributed by atoms with Gasteiger partial charge in [-0.25, -0.2) is 4.79 Å². The van der Waals surface area contributed by atoms with Crippen molar-refractivity contribution >= 4 is 16.7 Å². The minimum absolute atomic E-state index is 0.309. The maximum atomic E-state index is 11.2. The second-order valence-corrected chi connectivity index (χ2v) is 2.98. The second kappa shape index (κ2) is 3.50. The van der Waals surface area contributed by atoms with E-state index in [1.807, 2.05) is 24.3 Å². The zero-order chi connectivity index (χ0) is 9.97. The fourth-order valence-electron chi connectivity index (χ4n) is 1.37. The first kappa shape index (κ1) is 8.75. The summed E-state index contributed by atoms with van der Waals surface area (Å²) in [5.74, 6) is -0.309. The van der Waals surface area contributed by atoms with Crippen molar-refractivity contribution in [1.29, 1.82) is 0 Å². The van der Waals surface area contributed by atoms with Gasteiger partial charge in [-0.15, -0.1) is 0 Å². The Morgan fingerprint density at radius 3 is 2.93 bits per heavy atom. The van der Waals surface area contributed by atoms with Crippen molar-refractivity contribution in [3.63, 3.8) is 0 Å². The molecule has 0 N–H and O–H groups in total. The van der Waals surface area contributed by atoms with E-state index in [0.29, 0.717) is 5.56 Å². The number of esters is 1. The molecule has 0 bridgehead atoms. The lowest BCUT2D eigenvalue weighted by Gasteiger charge is -2.01. The Morgan fingerprint density at radius 1 is 1.29 bits per heavy atom. The fraction of sp³-hybridized carbons (Fsp3) is 0.0833. The van der Waals surface area contributed by atoms with Gasteiger partial charge < -0.3 is 4.74 Å². The number of methoxy groups -OCH3 is 1. The molecule has 0 aliphatic rings. The summed E-state index contributed by atoms with van der Waals surface area (Å²) in [6.45, 7) is 0. The number of fused-ring (bicyclic) bond motifs is 1. The average Bonchev–Trinajstić information content (AvgIpc) is 2.27. The van der Waals surface area contributed by atoms with Crippen LogP contribution in [0.5, 0.6) is 0 Å². The van der Waals surface area contributed by atoms with Gasteiger partial charge in [-0.3, -0.25) is 0 Å². The van der Waals surface area contributed by atoms with Gasteiger partial charge in [0.25, 0.3) is 0 Å². The Hall–Kier alpha value is -1.83. The molecule has 0 fully saturated rings. The van der Waals surface area contributed by atoms with Gasteiger partial charge in [-0.2, -0.15) is 0 Å². The van der Waals surface area contributed by atoms with Crippen LogP contribution in [0.15, 0.2) is 36.4 Å². The van der Waals surface area contributed by atoms with Crippen molar-refractivity contribution in [2.24, 2.45) is 0 Å². The van der Waals surface area contributed by atoms with Crippen LogP contribution in [0.25, 0.3) is 10.8 Å². The SMILES string of the molecule is COC(=O)c1ccc2cc[c]cc2c1. The van der Waals surface area contributed by atoms with Gasteiger partial charge in [-0.05, 0) is 35.0 Å². The molecule has 69 valence electrons. The van der Waals surface area contributed by atoms with Gasteiger partial charge in [0, 0.05) is 0 Å². The van der Waals surface area contributed by atoms with Crippen LogP contribution in [0, 0.1) is 6.07 Å². The van der Waals surface area contributed by atoms with Gasteiger partial charge in [-0.1, -0.05) is 18.2 Å². The van der Waals surface area contributed by atoms with Gasteiger partial charge in [0.1, 0.15) is 0 Å². The first-order valence-corrected chi connectivity index (χ1v) is 4.29. The number of rotatable bonds is 1. The highest BCUT2D eigenvalue weighted by Gasteiger charge is 2.04. The Morgan fingerprint density at radius 2 is 2.14 bits per heavy atom. The zero-order valence-corrected chi connectivity index (χ0v) is 7.78. The molecule has 0 aromatic heterocycles. The van der Waals surface area contributed by atoms with Crippen molar-refractivity contribution in [3.05, 3.63) is 48.0 Å². The van der Waals surface area contributed by atoms with Gasteiger partial charge >= 0.3 is 5.97 Å². The summed E-state index contributed by atoms with van der Waals surface area (Å²) in [5, 5.41) is 2.09. The molecule has 2 aromatic rings. The van der Waals surface area contributed by atoms with Crippen LogP contribution in [0.1, 0.15) is 10.4 Å². The molecule has 2 nitrogen and oxygen atoms in total. The lowest BCUT2D eigenvalue weighted by Crippen LogP contribution is -2.00. The second-order valence-electron chi connectivity index (χ2n) is 2.98. The van der Waals surface area contributed by atoms with E-state index < -0.39 is 0 Å². The third-order valence-corrected chi connectivity index (χ3v) is 2.11. The maximum Gasteiger partial charge on any atom is 0.337 e. The highest BCUT2D eigenvalue weighted by atomic mass is 16.5. The van der Waals surface area contributed by atoms with Crippen molar-refractivity contribution in [3.8, 4) is 0 Å². The molecule has 0 saturated heterocycles. The molecule has 0 amide bonds. The highest BCUT2D eigenvalue weighted by molar-refractivity contribution is 5.95. The lowest BCUT2D eigenvalue weighted by molar-refractivity contribution is 0.0601. The maximum absolute atomic E-state index is 11.2. The number of carbonyl (C=O) groups excluding carboxylic acids is 1. The lowest BCUT2D eigenvalue weighted by atomic mass is 10.1. The molecule has 1 radical (unpaired) electrons. The monoisotopic (exact) mass is 185 g/mol. The molecule has 0 aliphatic heterocycles. The van der Waals surface area contributed by atoms with E-state index >= 15 is 0 Å².